The Hall–Kier alpha value is -2.86. The number of nitrogens with zero attached hydrogens (tertiary/aromatic N) is 1. The third-order valence-electron chi connectivity index (χ3n) is 4.76. The molecule has 0 atom stereocenters. The molecule has 29 heavy (non-hydrogen) atoms. The number of amides is 3. The predicted molar refractivity (Wildman–Crippen MR) is 113 cm³/mol. The monoisotopic (exact) mass is 413 g/mol. The number of rotatable bonds is 8. The fraction of sp³-hybridized carbons (Fsp3) is 0.318. The highest BCUT2D eigenvalue weighted by atomic mass is 35.5. The number of carbonyl (C=O) groups is 3. The number of carbonyl (C=O) groups excluding carboxylic acids is 3. The van der Waals surface area contributed by atoms with Crippen LogP contribution in [-0.2, 0) is 16.1 Å². The third kappa shape index (κ3) is 6.06. The van der Waals surface area contributed by atoms with Gasteiger partial charge in [-0.25, -0.2) is 0 Å². The van der Waals surface area contributed by atoms with Gasteiger partial charge in [0.05, 0.1) is 0 Å². The van der Waals surface area contributed by atoms with E-state index in [-0.39, 0.29) is 17.7 Å². The highest BCUT2D eigenvalue weighted by molar-refractivity contribution is 6.30. The Labute approximate surface area is 175 Å². The summed E-state index contributed by atoms with van der Waals surface area (Å²) in [7, 11) is 0. The van der Waals surface area contributed by atoms with Crippen LogP contribution in [0.15, 0.2) is 48.5 Å². The van der Waals surface area contributed by atoms with Crippen LogP contribution < -0.4 is 15.5 Å². The maximum atomic E-state index is 12.1. The first-order valence-electron chi connectivity index (χ1n) is 9.73. The maximum absolute atomic E-state index is 12.1. The lowest BCUT2D eigenvalue weighted by Gasteiger charge is -2.16. The molecular formula is C22H24ClN3O3. The van der Waals surface area contributed by atoms with Gasteiger partial charge in [0, 0.05) is 48.7 Å². The van der Waals surface area contributed by atoms with Gasteiger partial charge >= 0.3 is 0 Å². The second-order valence-electron chi connectivity index (χ2n) is 6.96. The van der Waals surface area contributed by atoms with Crippen LogP contribution in [0.25, 0.3) is 0 Å². The molecule has 0 saturated carbocycles. The van der Waals surface area contributed by atoms with Crippen molar-refractivity contribution in [1.29, 1.82) is 0 Å². The van der Waals surface area contributed by atoms with Gasteiger partial charge in [-0.3, -0.25) is 14.4 Å². The zero-order valence-corrected chi connectivity index (χ0v) is 16.9. The molecule has 2 aromatic rings. The SMILES string of the molecule is O=C(CCCNC(=O)c1ccc(Cl)cc1)NCc1cccc(N2CCCC2=O)c1. The van der Waals surface area contributed by atoms with Crippen LogP contribution in [0.4, 0.5) is 5.69 Å². The number of halogens is 1. The molecule has 152 valence electrons. The van der Waals surface area contributed by atoms with Crippen molar-refractivity contribution in [2.75, 3.05) is 18.0 Å². The summed E-state index contributed by atoms with van der Waals surface area (Å²) in [5, 5.41) is 6.25. The molecule has 6 nitrogen and oxygen atoms in total. The van der Waals surface area contributed by atoms with Crippen molar-refractivity contribution >= 4 is 35.0 Å². The number of anilines is 1. The first kappa shape index (κ1) is 20.9. The standard InChI is InChI=1S/C22H24ClN3O3/c23-18-10-8-17(9-11-18)22(29)24-12-2-6-20(27)25-15-16-4-1-5-19(14-16)26-13-3-7-21(26)28/h1,4-5,8-11,14H,2-3,6-7,12-13,15H2,(H,24,29)(H,25,27). The fourth-order valence-corrected chi connectivity index (χ4v) is 3.32. The zero-order valence-electron chi connectivity index (χ0n) is 16.1. The molecule has 7 heteroatoms. The van der Waals surface area contributed by atoms with Crippen LogP contribution in [0.2, 0.25) is 5.02 Å². The molecule has 1 aliphatic rings. The van der Waals surface area contributed by atoms with Gasteiger partial charge in [-0.05, 0) is 54.8 Å². The summed E-state index contributed by atoms with van der Waals surface area (Å²) in [5.41, 5.74) is 2.37. The van der Waals surface area contributed by atoms with E-state index >= 15 is 0 Å². The molecule has 0 bridgehead atoms. The molecule has 0 radical (unpaired) electrons. The van der Waals surface area contributed by atoms with Gasteiger partial charge in [-0.2, -0.15) is 0 Å². The second kappa shape index (κ2) is 10.1. The average Bonchev–Trinajstić information content (AvgIpc) is 3.16. The molecule has 2 aromatic carbocycles. The average molecular weight is 414 g/mol. The predicted octanol–water partition coefficient (Wildman–Crippen LogP) is 3.29. The summed E-state index contributed by atoms with van der Waals surface area (Å²) >= 11 is 5.81. The lowest BCUT2D eigenvalue weighted by Crippen LogP contribution is -2.27. The lowest BCUT2D eigenvalue weighted by molar-refractivity contribution is -0.121. The Balaban J connectivity index is 1.37. The summed E-state index contributed by atoms with van der Waals surface area (Å²) in [4.78, 5) is 37.7. The van der Waals surface area contributed by atoms with Gasteiger partial charge in [-0.1, -0.05) is 23.7 Å². The Bertz CT molecular complexity index is 883. The van der Waals surface area contributed by atoms with Crippen molar-refractivity contribution in [1.82, 2.24) is 10.6 Å². The van der Waals surface area contributed by atoms with E-state index in [1.54, 1.807) is 29.2 Å². The first-order valence-corrected chi connectivity index (χ1v) is 10.1. The van der Waals surface area contributed by atoms with E-state index in [0.29, 0.717) is 42.9 Å². The minimum atomic E-state index is -0.185. The van der Waals surface area contributed by atoms with Gasteiger partial charge < -0.3 is 15.5 Å². The molecule has 0 spiro atoms. The molecule has 0 aliphatic carbocycles. The van der Waals surface area contributed by atoms with E-state index in [9.17, 15) is 14.4 Å². The highest BCUT2D eigenvalue weighted by Gasteiger charge is 2.21. The zero-order chi connectivity index (χ0) is 20.6. The molecule has 1 saturated heterocycles. The summed E-state index contributed by atoms with van der Waals surface area (Å²) in [5.74, 6) is -0.115. The van der Waals surface area contributed by atoms with Crippen LogP contribution in [0.5, 0.6) is 0 Å². The number of hydrogen-bond acceptors (Lipinski definition) is 3. The lowest BCUT2D eigenvalue weighted by atomic mass is 10.2. The van der Waals surface area contributed by atoms with Gasteiger partial charge in [0.25, 0.3) is 5.91 Å². The summed E-state index contributed by atoms with van der Waals surface area (Å²) in [6, 6.07) is 14.3. The van der Waals surface area contributed by atoms with E-state index < -0.39 is 0 Å². The van der Waals surface area contributed by atoms with E-state index in [0.717, 1.165) is 24.2 Å². The minimum Gasteiger partial charge on any atom is -0.352 e. The largest absolute Gasteiger partial charge is 0.352 e. The molecule has 1 heterocycles. The number of benzene rings is 2. The molecule has 3 amide bonds. The Morgan fingerprint density at radius 3 is 2.59 bits per heavy atom. The van der Waals surface area contributed by atoms with Gasteiger partial charge in [0.2, 0.25) is 11.8 Å². The topological polar surface area (TPSA) is 78.5 Å². The second-order valence-corrected chi connectivity index (χ2v) is 7.40. The fourth-order valence-electron chi connectivity index (χ4n) is 3.20. The van der Waals surface area contributed by atoms with E-state index in [2.05, 4.69) is 10.6 Å². The Morgan fingerprint density at radius 2 is 1.86 bits per heavy atom. The molecule has 3 rings (SSSR count). The van der Waals surface area contributed by atoms with Crippen molar-refractivity contribution < 1.29 is 14.4 Å². The van der Waals surface area contributed by atoms with Crippen molar-refractivity contribution in [3.63, 3.8) is 0 Å². The summed E-state index contributed by atoms with van der Waals surface area (Å²) in [6.45, 7) is 1.57. The molecule has 2 N–H and O–H groups in total. The quantitative estimate of drug-likeness (QED) is 0.652. The smallest absolute Gasteiger partial charge is 0.251 e. The minimum absolute atomic E-state index is 0.0756. The Kier molecular flexibility index (Phi) is 7.25. The molecule has 1 aliphatic heterocycles. The number of hydrogen-bond donors (Lipinski definition) is 2. The number of nitrogens with one attached hydrogen (secondary N) is 2. The van der Waals surface area contributed by atoms with E-state index in [4.69, 9.17) is 11.6 Å². The van der Waals surface area contributed by atoms with Crippen molar-refractivity contribution in [2.45, 2.75) is 32.2 Å². The third-order valence-corrected chi connectivity index (χ3v) is 5.01. The van der Waals surface area contributed by atoms with Crippen molar-refractivity contribution in [3.05, 3.63) is 64.7 Å². The molecule has 0 unspecified atom stereocenters. The summed E-state index contributed by atoms with van der Waals surface area (Å²) < 4.78 is 0. The maximum Gasteiger partial charge on any atom is 0.251 e. The molecule has 1 fully saturated rings. The van der Waals surface area contributed by atoms with E-state index in [1.807, 2.05) is 24.3 Å². The Morgan fingerprint density at radius 1 is 1.07 bits per heavy atom. The molecule has 0 aromatic heterocycles. The van der Waals surface area contributed by atoms with Gasteiger partial charge in [0.15, 0.2) is 0 Å². The van der Waals surface area contributed by atoms with Crippen molar-refractivity contribution in [2.24, 2.45) is 0 Å². The van der Waals surface area contributed by atoms with Crippen LogP contribution in [-0.4, -0.2) is 30.8 Å². The van der Waals surface area contributed by atoms with Crippen LogP contribution in [0.3, 0.4) is 0 Å². The van der Waals surface area contributed by atoms with Gasteiger partial charge in [-0.15, -0.1) is 0 Å². The molecular weight excluding hydrogens is 390 g/mol. The van der Waals surface area contributed by atoms with E-state index in [1.165, 1.54) is 0 Å². The van der Waals surface area contributed by atoms with Crippen LogP contribution >= 0.6 is 11.6 Å². The highest BCUT2D eigenvalue weighted by Crippen LogP contribution is 2.22. The normalized spacial score (nSPS) is 13.4. The van der Waals surface area contributed by atoms with Crippen LogP contribution in [0.1, 0.15) is 41.6 Å². The first-order chi connectivity index (χ1) is 14.0. The van der Waals surface area contributed by atoms with Crippen LogP contribution in [0, 0.1) is 0 Å². The summed E-state index contributed by atoms with van der Waals surface area (Å²) in [6.07, 6.45) is 2.35. The van der Waals surface area contributed by atoms with Crippen molar-refractivity contribution in [3.8, 4) is 0 Å². The van der Waals surface area contributed by atoms with Gasteiger partial charge in [0.1, 0.15) is 0 Å².